The van der Waals surface area contributed by atoms with Crippen LogP contribution in [0.15, 0.2) is 12.7 Å². The Morgan fingerprint density at radius 1 is 1.85 bits per heavy atom. The monoisotopic (exact) mass is 185 g/mol. The molecular formula is C9H15NO3. The lowest BCUT2D eigenvalue weighted by atomic mass is 10.1. The molecule has 1 heterocycles. The molecule has 0 aromatic carbocycles. The number of carbonyl (C=O) groups is 1. The minimum absolute atomic E-state index is 0.0473. The van der Waals surface area contributed by atoms with Gasteiger partial charge in [0.25, 0.3) is 0 Å². The van der Waals surface area contributed by atoms with Crippen LogP contribution in [0.3, 0.4) is 0 Å². The van der Waals surface area contributed by atoms with Crippen LogP contribution in [0.5, 0.6) is 0 Å². The van der Waals surface area contributed by atoms with E-state index >= 15 is 0 Å². The zero-order valence-corrected chi connectivity index (χ0v) is 7.53. The second-order valence-electron chi connectivity index (χ2n) is 3.05. The summed E-state index contributed by atoms with van der Waals surface area (Å²) >= 11 is 0. The Morgan fingerprint density at radius 2 is 2.62 bits per heavy atom. The van der Waals surface area contributed by atoms with Gasteiger partial charge < -0.3 is 15.2 Å². The Hall–Kier alpha value is -0.870. The fourth-order valence-electron chi connectivity index (χ4n) is 1.42. The Bertz CT molecular complexity index is 187. The Labute approximate surface area is 77.6 Å². The molecule has 0 aliphatic carbocycles. The quantitative estimate of drug-likeness (QED) is 0.598. The molecular weight excluding hydrogens is 170 g/mol. The third-order valence-electron chi connectivity index (χ3n) is 2.12. The van der Waals surface area contributed by atoms with Gasteiger partial charge in [-0.3, -0.25) is 4.79 Å². The van der Waals surface area contributed by atoms with E-state index in [1.54, 1.807) is 0 Å². The second-order valence-corrected chi connectivity index (χ2v) is 3.05. The Kier molecular flexibility index (Phi) is 3.92. The van der Waals surface area contributed by atoms with Gasteiger partial charge in [-0.1, -0.05) is 6.58 Å². The normalized spacial score (nSPS) is 23.9. The fourth-order valence-corrected chi connectivity index (χ4v) is 1.42. The summed E-state index contributed by atoms with van der Waals surface area (Å²) in [6.45, 7) is 3.96. The van der Waals surface area contributed by atoms with Crippen LogP contribution < -0.4 is 5.32 Å². The minimum Gasteiger partial charge on any atom is -0.394 e. The number of amides is 1. The van der Waals surface area contributed by atoms with Crippen molar-refractivity contribution in [2.45, 2.75) is 25.0 Å². The second kappa shape index (κ2) is 4.99. The van der Waals surface area contributed by atoms with Gasteiger partial charge in [-0.05, 0) is 18.9 Å². The first kappa shape index (κ1) is 10.2. The molecule has 0 bridgehead atoms. The van der Waals surface area contributed by atoms with Gasteiger partial charge in [0.2, 0.25) is 5.91 Å². The van der Waals surface area contributed by atoms with Crippen molar-refractivity contribution in [1.82, 2.24) is 5.32 Å². The standard InChI is InChI=1S/C9H15NO3/c1-2-9(12)10-7(6-11)8-4-3-5-13-8/h2,7-8,11H,1,3-6H2,(H,10,12). The van der Waals surface area contributed by atoms with Crippen LogP contribution in [-0.2, 0) is 9.53 Å². The average Bonchev–Trinajstić information content (AvgIpc) is 2.66. The molecule has 1 amide bonds. The van der Waals surface area contributed by atoms with E-state index < -0.39 is 0 Å². The van der Waals surface area contributed by atoms with Crippen LogP contribution in [0.25, 0.3) is 0 Å². The smallest absolute Gasteiger partial charge is 0.243 e. The lowest BCUT2D eigenvalue weighted by molar-refractivity contribution is -0.118. The molecule has 0 spiro atoms. The highest BCUT2D eigenvalue weighted by molar-refractivity contribution is 5.87. The summed E-state index contributed by atoms with van der Waals surface area (Å²) in [5.74, 6) is -0.269. The predicted octanol–water partition coefficient (Wildman–Crippen LogP) is -0.172. The van der Waals surface area contributed by atoms with Crippen LogP contribution >= 0.6 is 0 Å². The largest absolute Gasteiger partial charge is 0.394 e. The molecule has 1 fully saturated rings. The third kappa shape index (κ3) is 2.82. The van der Waals surface area contributed by atoms with E-state index in [1.165, 1.54) is 6.08 Å². The van der Waals surface area contributed by atoms with E-state index in [0.29, 0.717) is 6.61 Å². The van der Waals surface area contributed by atoms with Gasteiger partial charge in [0.05, 0.1) is 18.8 Å². The van der Waals surface area contributed by atoms with Gasteiger partial charge in [-0.2, -0.15) is 0 Å². The van der Waals surface area contributed by atoms with Gasteiger partial charge in [0.1, 0.15) is 0 Å². The highest BCUT2D eigenvalue weighted by atomic mass is 16.5. The Balaban J connectivity index is 2.41. The topological polar surface area (TPSA) is 58.6 Å². The molecule has 4 nitrogen and oxygen atoms in total. The van der Waals surface area contributed by atoms with Crippen molar-refractivity contribution in [1.29, 1.82) is 0 Å². The van der Waals surface area contributed by atoms with Crippen LogP contribution in [0.4, 0.5) is 0 Å². The number of aliphatic hydroxyl groups is 1. The van der Waals surface area contributed by atoms with Crippen LogP contribution in [-0.4, -0.2) is 36.4 Å². The van der Waals surface area contributed by atoms with Gasteiger partial charge in [-0.25, -0.2) is 0 Å². The zero-order valence-electron chi connectivity index (χ0n) is 7.53. The van der Waals surface area contributed by atoms with Crippen molar-refractivity contribution in [2.75, 3.05) is 13.2 Å². The molecule has 1 aliphatic heterocycles. The van der Waals surface area contributed by atoms with Crippen molar-refractivity contribution in [3.05, 3.63) is 12.7 Å². The maximum absolute atomic E-state index is 10.9. The first-order valence-electron chi connectivity index (χ1n) is 4.43. The Morgan fingerprint density at radius 3 is 3.08 bits per heavy atom. The third-order valence-corrected chi connectivity index (χ3v) is 2.12. The number of rotatable bonds is 4. The lowest BCUT2D eigenvalue weighted by Crippen LogP contribution is -2.44. The molecule has 4 heteroatoms. The molecule has 1 rings (SSSR count). The van der Waals surface area contributed by atoms with Crippen LogP contribution in [0.1, 0.15) is 12.8 Å². The summed E-state index contributed by atoms with van der Waals surface area (Å²) in [6, 6.07) is -0.298. The van der Waals surface area contributed by atoms with Crippen molar-refractivity contribution in [3.8, 4) is 0 Å². The highest BCUT2D eigenvalue weighted by Gasteiger charge is 2.25. The van der Waals surface area contributed by atoms with Gasteiger partial charge in [0, 0.05) is 6.61 Å². The lowest BCUT2D eigenvalue weighted by Gasteiger charge is -2.21. The summed E-state index contributed by atoms with van der Waals surface area (Å²) < 4.78 is 5.34. The van der Waals surface area contributed by atoms with E-state index in [-0.39, 0.29) is 24.7 Å². The molecule has 13 heavy (non-hydrogen) atoms. The maximum atomic E-state index is 10.9. The molecule has 0 radical (unpaired) electrons. The van der Waals surface area contributed by atoms with Gasteiger partial charge in [0.15, 0.2) is 0 Å². The molecule has 2 unspecified atom stereocenters. The molecule has 0 aromatic heterocycles. The molecule has 2 atom stereocenters. The molecule has 74 valence electrons. The summed E-state index contributed by atoms with van der Waals surface area (Å²) in [4.78, 5) is 10.9. The fraction of sp³-hybridized carbons (Fsp3) is 0.667. The van der Waals surface area contributed by atoms with Crippen molar-refractivity contribution < 1.29 is 14.6 Å². The molecule has 0 aromatic rings. The highest BCUT2D eigenvalue weighted by Crippen LogP contribution is 2.15. The summed E-state index contributed by atoms with van der Waals surface area (Å²) in [5.41, 5.74) is 0. The number of aliphatic hydroxyl groups excluding tert-OH is 1. The molecule has 0 saturated carbocycles. The van der Waals surface area contributed by atoms with Crippen molar-refractivity contribution >= 4 is 5.91 Å². The van der Waals surface area contributed by atoms with Crippen molar-refractivity contribution in [3.63, 3.8) is 0 Å². The number of hydrogen-bond donors (Lipinski definition) is 2. The maximum Gasteiger partial charge on any atom is 0.243 e. The van der Waals surface area contributed by atoms with E-state index in [2.05, 4.69) is 11.9 Å². The van der Waals surface area contributed by atoms with E-state index in [4.69, 9.17) is 9.84 Å². The molecule has 1 aliphatic rings. The van der Waals surface area contributed by atoms with E-state index in [9.17, 15) is 4.79 Å². The molecule has 2 N–H and O–H groups in total. The average molecular weight is 185 g/mol. The number of hydrogen-bond acceptors (Lipinski definition) is 3. The zero-order chi connectivity index (χ0) is 9.68. The number of nitrogens with one attached hydrogen (secondary N) is 1. The first-order chi connectivity index (χ1) is 6.27. The molecule has 1 saturated heterocycles. The number of carbonyl (C=O) groups excluding carboxylic acids is 1. The SMILES string of the molecule is C=CC(=O)NC(CO)C1CCCO1. The van der Waals surface area contributed by atoms with E-state index in [1.807, 2.05) is 0 Å². The van der Waals surface area contributed by atoms with E-state index in [0.717, 1.165) is 12.8 Å². The summed E-state index contributed by atoms with van der Waals surface area (Å²) in [6.07, 6.45) is 3.03. The minimum atomic E-state index is -0.298. The van der Waals surface area contributed by atoms with Gasteiger partial charge in [-0.15, -0.1) is 0 Å². The number of ether oxygens (including phenoxy) is 1. The predicted molar refractivity (Wildman–Crippen MR) is 48.2 cm³/mol. The first-order valence-corrected chi connectivity index (χ1v) is 4.43. The van der Waals surface area contributed by atoms with Crippen LogP contribution in [0.2, 0.25) is 0 Å². The van der Waals surface area contributed by atoms with Crippen molar-refractivity contribution in [2.24, 2.45) is 0 Å². The van der Waals surface area contributed by atoms with Gasteiger partial charge >= 0.3 is 0 Å². The summed E-state index contributed by atoms with van der Waals surface area (Å²) in [7, 11) is 0. The van der Waals surface area contributed by atoms with Crippen LogP contribution in [0, 0.1) is 0 Å². The summed E-state index contributed by atoms with van der Waals surface area (Å²) in [5, 5.41) is 11.6.